The van der Waals surface area contributed by atoms with Crippen molar-refractivity contribution in [1.29, 1.82) is 0 Å². The monoisotopic (exact) mass is 297 g/mol. The summed E-state index contributed by atoms with van der Waals surface area (Å²) in [7, 11) is 0. The molecule has 0 radical (unpaired) electrons. The van der Waals surface area contributed by atoms with E-state index >= 15 is 0 Å². The summed E-state index contributed by atoms with van der Waals surface area (Å²) in [6.45, 7) is -0.495. The molecule has 0 aromatic carbocycles. The third-order valence-electron chi connectivity index (χ3n) is 3.41. The van der Waals surface area contributed by atoms with E-state index in [-0.39, 0.29) is 16.7 Å². The molecule has 1 saturated heterocycles. The van der Waals surface area contributed by atoms with Crippen molar-refractivity contribution in [2.75, 3.05) is 6.61 Å². The van der Waals surface area contributed by atoms with Crippen molar-refractivity contribution in [2.45, 2.75) is 24.4 Å². The van der Waals surface area contributed by atoms with Gasteiger partial charge in [0.25, 0.3) is 5.56 Å². The molecule has 1 aliphatic heterocycles. The van der Waals surface area contributed by atoms with Crippen LogP contribution in [0.25, 0.3) is 11.2 Å². The van der Waals surface area contributed by atoms with Gasteiger partial charge in [0.1, 0.15) is 29.9 Å². The summed E-state index contributed by atoms with van der Waals surface area (Å²) in [5.74, 6) is -0.834. The molecule has 1 unspecified atom stereocenters. The standard InChI is InChI=1S/C12H12FN3O5/c13-7-2-14-5-1-4(12(20)16-11(5)15-7)10-9(19)8(18)6(3-17)21-10/h1-2,6,8-10,17-19H,3H2,(H,15,16,20)/t6-,8?,9+,10+/m1/s1. The second kappa shape index (κ2) is 5.11. The Balaban J connectivity index is 2.07. The largest absolute Gasteiger partial charge is 0.394 e. The Morgan fingerprint density at radius 3 is 2.81 bits per heavy atom. The van der Waals surface area contributed by atoms with Gasteiger partial charge in [-0.15, -0.1) is 0 Å². The van der Waals surface area contributed by atoms with E-state index in [1.165, 1.54) is 6.07 Å². The molecule has 3 heterocycles. The lowest BCUT2D eigenvalue weighted by atomic mass is 10.0. The van der Waals surface area contributed by atoms with Crippen molar-refractivity contribution in [1.82, 2.24) is 15.0 Å². The first-order valence-electron chi connectivity index (χ1n) is 6.19. The van der Waals surface area contributed by atoms with Gasteiger partial charge in [0.05, 0.1) is 18.4 Å². The Morgan fingerprint density at radius 2 is 2.14 bits per heavy atom. The average molecular weight is 297 g/mol. The highest BCUT2D eigenvalue weighted by molar-refractivity contribution is 5.69. The van der Waals surface area contributed by atoms with Gasteiger partial charge in [-0.2, -0.15) is 9.37 Å². The Kier molecular flexibility index (Phi) is 3.41. The fourth-order valence-electron chi connectivity index (χ4n) is 2.34. The third kappa shape index (κ3) is 2.29. The summed E-state index contributed by atoms with van der Waals surface area (Å²) < 4.78 is 18.2. The van der Waals surface area contributed by atoms with E-state index in [4.69, 9.17) is 9.84 Å². The minimum absolute atomic E-state index is 0.0194. The molecule has 9 heteroatoms. The fourth-order valence-corrected chi connectivity index (χ4v) is 2.34. The molecule has 3 rings (SSSR count). The predicted octanol–water partition coefficient (Wildman–Crippen LogP) is -1.39. The number of pyridine rings is 1. The number of nitrogens with zero attached hydrogens (tertiary/aromatic N) is 2. The van der Waals surface area contributed by atoms with Crippen LogP contribution in [0, 0.1) is 5.95 Å². The maximum Gasteiger partial charge on any atom is 0.255 e. The minimum atomic E-state index is -1.37. The van der Waals surface area contributed by atoms with Crippen LogP contribution in [-0.2, 0) is 4.74 Å². The SMILES string of the molecule is O=c1[nH]c2nc(F)cnc2cc1[C@@H]1O[C@H](CO)C(O)[C@@H]1O. The fraction of sp³-hybridized carbons (Fsp3) is 0.417. The number of hydrogen-bond acceptors (Lipinski definition) is 7. The lowest BCUT2D eigenvalue weighted by Gasteiger charge is -2.14. The molecule has 21 heavy (non-hydrogen) atoms. The first-order valence-corrected chi connectivity index (χ1v) is 6.19. The van der Waals surface area contributed by atoms with E-state index in [1.54, 1.807) is 0 Å². The zero-order chi connectivity index (χ0) is 15.1. The van der Waals surface area contributed by atoms with Gasteiger partial charge >= 0.3 is 0 Å². The molecule has 0 aliphatic carbocycles. The number of hydrogen-bond donors (Lipinski definition) is 4. The highest BCUT2D eigenvalue weighted by atomic mass is 19.1. The number of nitrogens with one attached hydrogen (secondary N) is 1. The van der Waals surface area contributed by atoms with Crippen molar-refractivity contribution in [2.24, 2.45) is 0 Å². The lowest BCUT2D eigenvalue weighted by Crippen LogP contribution is -2.33. The highest BCUT2D eigenvalue weighted by Gasteiger charge is 2.44. The van der Waals surface area contributed by atoms with E-state index in [2.05, 4.69) is 15.0 Å². The molecule has 8 nitrogen and oxygen atoms in total. The van der Waals surface area contributed by atoms with E-state index < -0.39 is 42.5 Å². The zero-order valence-corrected chi connectivity index (χ0v) is 10.6. The molecule has 0 saturated carbocycles. The van der Waals surface area contributed by atoms with E-state index in [0.29, 0.717) is 0 Å². The van der Waals surface area contributed by atoms with E-state index in [0.717, 1.165) is 6.20 Å². The quantitative estimate of drug-likeness (QED) is 0.537. The van der Waals surface area contributed by atoms with Crippen molar-refractivity contribution in [3.8, 4) is 0 Å². The number of rotatable bonds is 2. The topological polar surface area (TPSA) is 129 Å². The van der Waals surface area contributed by atoms with Gasteiger partial charge in [-0.05, 0) is 6.07 Å². The number of fused-ring (bicyclic) bond motifs is 1. The molecular formula is C12H12FN3O5. The number of ether oxygens (including phenoxy) is 1. The van der Waals surface area contributed by atoms with Gasteiger partial charge in [-0.25, -0.2) is 4.98 Å². The summed E-state index contributed by atoms with van der Waals surface area (Å²) in [6.07, 6.45) is -3.89. The van der Waals surface area contributed by atoms with Crippen LogP contribution in [0.1, 0.15) is 11.7 Å². The van der Waals surface area contributed by atoms with Gasteiger partial charge in [0, 0.05) is 0 Å². The molecule has 1 fully saturated rings. The summed E-state index contributed by atoms with van der Waals surface area (Å²) in [4.78, 5) is 21.6. The second-order valence-corrected chi connectivity index (χ2v) is 4.74. The number of aliphatic hydroxyl groups excluding tert-OH is 3. The number of halogens is 1. The molecule has 4 atom stereocenters. The van der Waals surface area contributed by atoms with E-state index in [1.807, 2.05) is 0 Å². The summed E-state index contributed by atoms with van der Waals surface area (Å²) >= 11 is 0. The highest BCUT2D eigenvalue weighted by Crippen LogP contribution is 2.32. The van der Waals surface area contributed by atoms with Crippen LogP contribution in [-0.4, -0.2) is 55.2 Å². The zero-order valence-electron chi connectivity index (χ0n) is 10.6. The first kappa shape index (κ1) is 14.0. The van der Waals surface area contributed by atoms with Crippen molar-refractivity contribution < 1.29 is 24.4 Å². The van der Waals surface area contributed by atoms with Gasteiger partial charge in [-0.3, -0.25) is 4.79 Å². The molecule has 1 aliphatic rings. The Bertz CT molecular complexity index is 736. The second-order valence-electron chi connectivity index (χ2n) is 4.74. The molecule has 0 amide bonds. The molecular weight excluding hydrogens is 285 g/mol. The van der Waals surface area contributed by atoms with Gasteiger partial charge in [0.2, 0.25) is 5.95 Å². The van der Waals surface area contributed by atoms with Crippen LogP contribution >= 0.6 is 0 Å². The lowest BCUT2D eigenvalue weighted by molar-refractivity contribution is -0.0231. The summed E-state index contributed by atoms with van der Waals surface area (Å²) in [5.41, 5.74) is -0.442. The van der Waals surface area contributed by atoms with E-state index in [9.17, 15) is 19.4 Å². The van der Waals surface area contributed by atoms with Crippen LogP contribution in [0.5, 0.6) is 0 Å². The third-order valence-corrected chi connectivity index (χ3v) is 3.41. The molecule has 0 bridgehead atoms. The maximum atomic E-state index is 13.0. The maximum absolute atomic E-state index is 13.0. The predicted molar refractivity (Wildman–Crippen MR) is 66.8 cm³/mol. The van der Waals surface area contributed by atoms with Crippen LogP contribution < -0.4 is 5.56 Å². The first-order chi connectivity index (χ1) is 10.0. The summed E-state index contributed by atoms with van der Waals surface area (Å²) in [5, 5.41) is 28.7. The van der Waals surface area contributed by atoms with Crippen LogP contribution in [0.3, 0.4) is 0 Å². The smallest absolute Gasteiger partial charge is 0.255 e. The van der Waals surface area contributed by atoms with Gasteiger partial charge < -0.3 is 25.0 Å². The number of aromatic nitrogens is 3. The summed E-state index contributed by atoms with van der Waals surface area (Å²) in [6, 6.07) is 1.31. The number of aliphatic hydroxyl groups is 3. The van der Waals surface area contributed by atoms with Gasteiger partial charge in [0.15, 0.2) is 5.65 Å². The van der Waals surface area contributed by atoms with Gasteiger partial charge in [-0.1, -0.05) is 0 Å². The van der Waals surface area contributed by atoms with Crippen LogP contribution in [0.4, 0.5) is 4.39 Å². The normalized spacial score (nSPS) is 29.1. The average Bonchev–Trinajstić information content (AvgIpc) is 2.74. The Labute approximate surface area is 116 Å². The van der Waals surface area contributed by atoms with Crippen LogP contribution in [0.15, 0.2) is 17.1 Å². The Morgan fingerprint density at radius 1 is 1.38 bits per heavy atom. The van der Waals surface area contributed by atoms with Crippen LogP contribution in [0.2, 0.25) is 0 Å². The molecule has 2 aromatic rings. The number of H-pyrrole nitrogens is 1. The Hall–Kier alpha value is -1.94. The molecule has 2 aromatic heterocycles. The molecule has 112 valence electrons. The molecule has 0 spiro atoms. The van der Waals surface area contributed by atoms with Crippen molar-refractivity contribution in [3.63, 3.8) is 0 Å². The molecule has 4 N–H and O–H groups in total. The van der Waals surface area contributed by atoms with Crippen molar-refractivity contribution in [3.05, 3.63) is 34.1 Å². The minimum Gasteiger partial charge on any atom is -0.394 e. The van der Waals surface area contributed by atoms with Crippen molar-refractivity contribution >= 4 is 11.2 Å². The number of aromatic amines is 1.